The lowest BCUT2D eigenvalue weighted by Gasteiger charge is -2.23. The zero-order chi connectivity index (χ0) is 31.7. The molecule has 0 bridgehead atoms. The van der Waals surface area contributed by atoms with Gasteiger partial charge < -0.3 is 4.42 Å². The van der Waals surface area contributed by atoms with Crippen LogP contribution in [0.25, 0.3) is 98.4 Å². The molecule has 9 aromatic carbocycles. The summed E-state index contributed by atoms with van der Waals surface area (Å²) in [6, 6.07) is 54.1. The number of hydrogen-bond donors (Lipinski definition) is 0. The Morgan fingerprint density at radius 1 is 0.396 bits per heavy atom. The van der Waals surface area contributed by atoms with Gasteiger partial charge in [0.2, 0.25) is 0 Å². The predicted octanol–water partition coefficient (Wildman–Crippen LogP) is 13.3. The van der Waals surface area contributed by atoms with Crippen LogP contribution in [-0.2, 0) is 5.41 Å². The first-order valence-electron chi connectivity index (χ1n) is 16.8. The second-order valence-corrected chi connectivity index (χ2v) is 14.1. The van der Waals surface area contributed by atoms with Crippen molar-refractivity contribution in [2.24, 2.45) is 0 Å². The molecule has 0 atom stereocenters. The van der Waals surface area contributed by atoms with Crippen LogP contribution in [0.1, 0.15) is 25.0 Å². The molecule has 1 heterocycles. The molecule has 0 unspecified atom stereocenters. The van der Waals surface area contributed by atoms with Crippen LogP contribution >= 0.6 is 0 Å². The molecule has 0 radical (unpaired) electrons. The van der Waals surface area contributed by atoms with Crippen molar-refractivity contribution < 1.29 is 4.42 Å². The van der Waals surface area contributed by atoms with E-state index in [1.54, 1.807) is 0 Å². The Kier molecular flexibility index (Phi) is 4.97. The third kappa shape index (κ3) is 3.40. The van der Waals surface area contributed by atoms with Crippen molar-refractivity contribution in [3.05, 3.63) is 157 Å². The molecule has 1 nitrogen and oxygen atoms in total. The second-order valence-electron chi connectivity index (χ2n) is 14.1. The van der Waals surface area contributed by atoms with Gasteiger partial charge in [0, 0.05) is 16.2 Å². The maximum atomic E-state index is 6.27. The number of hydrogen-bond acceptors (Lipinski definition) is 1. The summed E-state index contributed by atoms with van der Waals surface area (Å²) in [5, 5.41) is 12.8. The van der Waals surface area contributed by atoms with E-state index in [0.717, 1.165) is 21.9 Å². The Labute approximate surface area is 278 Å². The van der Waals surface area contributed by atoms with Gasteiger partial charge in [-0.1, -0.05) is 117 Å². The summed E-state index contributed by atoms with van der Waals surface area (Å²) in [4.78, 5) is 0. The monoisotopic (exact) mass is 610 g/mol. The van der Waals surface area contributed by atoms with Gasteiger partial charge in [-0.15, -0.1) is 0 Å². The summed E-state index contributed by atoms with van der Waals surface area (Å²) < 4.78 is 6.27. The first-order valence-corrected chi connectivity index (χ1v) is 16.8. The summed E-state index contributed by atoms with van der Waals surface area (Å²) in [6.07, 6.45) is 0. The lowest BCUT2D eigenvalue weighted by Crippen LogP contribution is -2.15. The van der Waals surface area contributed by atoms with Gasteiger partial charge in [0.05, 0.1) is 0 Å². The third-order valence-corrected chi connectivity index (χ3v) is 11.2. The molecule has 224 valence electrons. The number of rotatable bonds is 2. The fourth-order valence-electron chi connectivity index (χ4n) is 8.80. The van der Waals surface area contributed by atoms with Gasteiger partial charge in [0.15, 0.2) is 0 Å². The Balaban J connectivity index is 1.25. The van der Waals surface area contributed by atoms with E-state index >= 15 is 0 Å². The smallest absolute Gasteiger partial charge is 0.135 e. The van der Waals surface area contributed by atoms with Crippen molar-refractivity contribution in [2.45, 2.75) is 19.3 Å². The van der Waals surface area contributed by atoms with Gasteiger partial charge in [-0.3, -0.25) is 0 Å². The number of fused-ring (bicyclic) bond motifs is 7. The van der Waals surface area contributed by atoms with Crippen LogP contribution in [0.4, 0.5) is 0 Å². The molecule has 0 N–H and O–H groups in total. The van der Waals surface area contributed by atoms with Gasteiger partial charge in [-0.25, -0.2) is 0 Å². The Bertz CT molecular complexity index is 2960. The van der Waals surface area contributed by atoms with Crippen LogP contribution < -0.4 is 0 Å². The largest absolute Gasteiger partial charge is 0.456 e. The highest BCUT2D eigenvalue weighted by atomic mass is 16.3. The molecule has 1 heteroatoms. The Morgan fingerprint density at radius 2 is 1.08 bits per heavy atom. The van der Waals surface area contributed by atoms with Crippen molar-refractivity contribution in [1.29, 1.82) is 0 Å². The molecule has 1 aliphatic rings. The minimum absolute atomic E-state index is 0.171. The molecule has 1 aliphatic carbocycles. The Morgan fingerprint density at radius 3 is 1.94 bits per heavy atom. The first-order chi connectivity index (χ1) is 23.5. The van der Waals surface area contributed by atoms with E-state index in [9.17, 15) is 0 Å². The van der Waals surface area contributed by atoms with E-state index < -0.39 is 0 Å². The van der Waals surface area contributed by atoms with E-state index in [0.29, 0.717) is 0 Å². The molecule has 0 aliphatic heterocycles. The molecule has 0 fully saturated rings. The lowest BCUT2D eigenvalue weighted by molar-refractivity contribution is 0.661. The summed E-state index contributed by atoms with van der Waals surface area (Å²) in [6.45, 7) is 4.80. The molecule has 0 amide bonds. The van der Waals surface area contributed by atoms with Crippen molar-refractivity contribution >= 4 is 65.0 Å². The summed E-state index contributed by atoms with van der Waals surface area (Å²) >= 11 is 0. The molecular formula is C47H30O. The molecule has 48 heavy (non-hydrogen) atoms. The van der Waals surface area contributed by atoms with Crippen LogP contribution in [0.15, 0.2) is 150 Å². The molecular weight excluding hydrogens is 581 g/mol. The highest BCUT2D eigenvalue weighted by molar-refractivity contribution is 6.25. The zero-order valence-electron chi connectivity index (χ0n) is 26.8. The quantitative estimate of drug-likeness (QED) is 0.178. The summed E-state index contributed by atoms with van der Waals surface area (Å²) in [5.41, 5.74) is 12.1. The van der Waals surface area contributed by atoms with E-state index in [2.05, 4.69) is 153 Å². The molecule has 0 saturated heterocycles. The predicted molar refractivity (Wildman–Crippen MR) is 203 cm³/mol. The van der Waals surface area contributed by atoms with Crippen molar-refractivity contribution in [3.63, 3.8) is 0 Å². The van der Waals surface area contributed by atoms with E-state index in [1.165, 1.54) is 87.6 Å². The SMILES string of the molecule is CC1(C)c2cc3ccccc3cc2-c2c(-c3ccc4oc5ccccc5c4c3)cc(-c3ccc4ccc5cccc6ccc3c4c56)cc21. The van der Waals surface area contributed by atoms with Crippen LogP contribution in [0.3, 0.4) is 0 Å². The lowest BCUT2D eigenvalue weighted by atomic mass is 9.79. The first kappa shape index (κ1) is 26.2. The standard InChI is InChI=1S/C47H30O/c1-47(2)40-25-31-9-4-3-8-30(31)22-39(40)46-37(32-18-21-43-38(23-32)35-12-5-6-13-42(35)48-43)24-33(26-41(46)47)34-19-16-29-15-14-27-10-7-11-28-17-20-36(34)45(29)44(27)28/h3-26H,1-2H3. The third-order valence-electron chi connectivity index (χ3n) is 11.2. The molecule has 10 aromatic rings. The molecule has 0 spiro atoms. The molecule has 1 aromatic heterocycles. The maximum Gasteiger partial charge on any atom is 0.135 e. The second kappa shape index (κ2) is 9.12. The average Bonchev–Trinajstić information content (AvgIpc) is 3.60. The van der Waals surface area contributed by atoms with Crippen molar-refractivity contribution in [3.8, 4) is 33.4 Å². The van der Waals surface area contributed by atoms with E-state index in [-0.39, 0.29) is 5.41 Å². The van der Waals surface area contributed by atoms with Gasteiger partial charge in [0.25, 0.3) is 0 Å². The van der Waals surface area contributed by atoms with E-state index in [4.69, 9.17) is 4.42 Å². The van der Waals surface area contributed by atoms with Crippen LogP contribution in [0.5, 0.6) is 0 Å². The average molecular weight is 611 g/mol. The summed E-state index contributed by atoms with van der Waals surface area (Å²) in [7, 11) is 0. The minimum atomic E-state index is -0.171. The van der Waals surface area contributed by atoms with Gasteiger partial charge in [-0.05, 0) is 130 Å². The number of para-hydroxylation sites is 1. The number of furan rings is 1. The van der Waals surface area contributed by atoms with Gasteiger partial charge in [0.1, 0.15) is 11.2 Å². The van der Waals surface area contributed by atoms with Crippen molar-refractivity contribution in [1.82, 2.24) is 0 Å². The Hall–Kier alpha value is -5.92. The number of benzene rings is 9. The minimum Gasteiger partial charge on any atom is -0.456 e. The topological polar surface area (TPSA) is 13.1 Å². The molecule has 0 saturated carbocycles. The van der Waals surface area contributed by atoms with Gasteiger partial charge >= 0.3 is 0 Å². The fraction of sp³-hybridized carbons (Fsp3) is 0.0638. The fourth-order valence-corrected chi connectivity index (χ4v) is 8.80. The highest BCUT2D eigenvalue weighted by Gasteiger charge is 2.38. The van der Waals surface area contributed by atoms with Crippen LogP contribution in [0.2, 0.25) is 0 Å². The van der Waals surface area contributed by atoms with Gasteiger partial charge in [-0.2, -0.15) is 0 Å². The van der Waals surface area contributed by atoms with E-state index in [1.807, 2.05) is 6.07 Å². The summed E-state index contributed by atoms with van der Waals surface area (Å²) in [5.74, 6) is 0. The van der Waals surface area contributed by atoms with Crippen molar-refractivity contribution in [2.75, 3.05) is 0 Å². The van der Waals surface area contributed by atoms with Crippen LogP contribution in [-0.4, -0.2) is 0 Å². The normalized spacial score (nSPS) is 13.8. The zero-order valence-corrected chi connectivity index (χ0v) is 26.8. The molecule has 11 rings (SSSR count). The van der Waals surface area contributed by atoms with Crippen LogP contribution in [0, 0.1) is 0 Å². The maximum absolute atomic E-state index is 6.27. The highest BCUT2D eigenvalue weighted by Crippen LogP contribution is 2.55.